The molecule has 0 rings (SSSR count). The molecule has 0 saturated carbocycles. The Balaban J connectivity index is 3.14. The number of hydrogen-bond acceptors (Lipinski definition) is 1. The second-order valence-corrected chi connectivity index (χ2v) is 2.71. The molecular weight excluding hydrogens is 154 g/mol. The molecule has 1 atom stereocenters. The van der Waals surface area contributed by atoms with Crippen LogP contribution >= 0.6 is 15.9 Å². The molecule has 7 heavy (non-hydrogen) atoms. The van der Waals surface area contributed by atoms with Gasteiger partial charge in [0.1, 0.15) is 0 Å². The van der Waals surface area contributed by atoms with E-state index >= 15 is 0 Å². The fraction of sp³-hybridized carbons (Fsp3) is 1.00. The van der Waals surface area contributed by atoms with Crippen molar-refractivity contribution < 1.29 is 0 Å². The smallest absolute Gasteiger partial charge is 0.0186 e. The van der Waals surface area contributed by atoms with Gasteiger partial charge >= 0.3 is 0 Å². The largest absolute Gasteiger partial charge is 0.327 e. The number of hydrogen-bond donors (Lipinski definition) is 1. The third-order valence-corrected chi connectivity index (χ3v) is 1.78. The Morgan fingerprint density at radius 1 is 1.57 bits per heavy atom. The molecule has 0 aliphatic rings. The van der Waals surface area contributed by atoms with Gasteiger partial charge in [-0.15, -0.1) is 0 Å². The summed E-state index contributed by atoms with van der Waals surface area (Å²) in [4.78, 5) is 0. The monoisotopic (exact) mass is 165 g/mol. The minimum atomic E-state index is 0.319. The summed E-state index contributed by atoms with van der Waals surface area (Å²) in [7, 11) is 0. The second-order valence-electron chi connectivity index (χ2n) is 2.06. The van der Waals surface area contributed by atoms with Crippen molar-refractivity contribution in [2.45, 2.75) is 19.9 Å². The van der Waals surface area contributed by atoms with Crippen LogP contribution < -0.4 is 5.73 Å². The minimum absolute atomic E-state index is 0.319. The molecule has 0 saturated heterocycles. The van der Waals surface area contributed by atoms with Crippen molar-refractivity contribution in [3.05, 3.63) is 0 Å². The molecular formula is C5H12BrN. The van der Waals surface area contributed by atoms with Gasteiger partial charge in [0.15, 0.2) is 0 Å². The van der Waals surface area contributed by atoms with E-state index in [1.165, 1.54) is 0 Å². The van der Waals surface area contributed by atoms with Crippen molar-refractivity contribution in [3.63, 3.8) is 0 Å². The molecule has 0 radical (unpaired) electrons. The molecule has 0 aromatic heterocycles. The van der Waals surface area contributed by atoms with Crippen molar-refractivity contribution in [3.8, 4) is 0 Å². The van der Waals surface area contributed by atoms with Crippen LogP contribution in [0.2, 0.25) is 0 Å². The predicted molar refractivity (Wildman–Crippen MR) is 36.6 cm³/mol. The number of rotatable bonds is 2. The molecule has 1 nitrogen and oxygen atoms in total. The second kappa shape index (κ2) is 3.44. The quantitative estimate of drug-likeness (QED) is 0.616. The van der Waals surface area contributed by atoms with Crippen LogP contribution in [0.1, 0.15) is 13.8 Å². The zero-order valence-corrected chi connectivity index (χ0v) is 6.40. The zero-order valence-electron chi connectivity index (χ0n) is 4.82. The van der Waals surface area contributed by atoms with Gasteiger partial charge in [0, 0.05) is 11.4 Å². The van der Waals surface area contributed by atoms with Gasteiger partial charge in [-0.25, -0.2) is 0 Å². The average Bonchev–Trinajstić information content (AvgIpc) is 1.65. The van der Waals surface area contributed by atoms with Crippen LogP contribution in [0.3, 0.4) is 0 Å². The lowest BCUT2D eigenvalue weighted by atomic mass is 10.1. The van der Waals surface area contributed by atoms with Crippen molar-refractivity contribution in [2.75, 3.05) is 5.33 Å². The molecule has 0 aliphatic heterocycles. The summed E-state index contributed by atoms with van der Waals surface area (Å²) < 4.78 is 0. The van der Waals surface area contributed by atoms with E-state index in [0.717, 1.165) is 5.33 Å². The van der Waals surface area contributed by atoms with Gasteiger partial charge < -0.3 is 5.73 Å². The van der Waals surface area contributed by atoms with Gasteiger partial charge in [0.05, 0.1) is 0 Å². The van der Waals surface area contributed by atoms with E-state index in [1.807, 2.05) is 0 Å². The fourth-order valence-electron chi connectivity index (χ4n) is 0.178. The highest BCUT2D eigenvalue weighted by molar-refractivity contribution is 9.09. The number of nitrogens with two attached hydrogens (primary N) is 1. The molecule has 0 heterocycles. The number of alkyl halides is 1. The molecule has 0 amide bonds. The maximum atomic E-state index is 5.57. The van der Waals surface area contributed by atoms with Crippen LogP contribution in [-0.4, -0.2) is 11.4 Å². The van der Waals surface area contributed by atoms with E-state index in [1.54, 1.807) is 0 Å². The van der Waals surface area contributed by atoms with Crippen molar-refractivity contribution in [1.82, 2.24) is 0 Å². The van der Waals surface area contributed by atoms with Crippen LogP contribution in [-0.2, 0) is 0 Å². The SMILES string of the molecule is CC(C)[C@@H](N)CBr. The molecule has 0 fully saturated rings. The molecule has 0 aromatic carbocycles. The zero-order chi connectivity index (χ0) is 5.86. The lowest BCUT2D eigenvalue weighted by molar-refractivity contribution is 0.538. The maximum Gasteiger partial charge on any atom is 0.0186 e. The Hall–Kier alpha value is 0.440. The summed E-state index contributed by atoms with van der Waals surface area (Å²) >= 11 is 3.29. The molecule has 0 bridgehead atoms. The molecule has 0 unspecified atom stereocenters. The van der Waals surface area contributed by atoms with Gasteiger partial charge in [0.25, 0.3) is 0 Å². The first-order chi connectivity index (χ1) is 3.18. The van der Waals surface area contributed by atoms with Crippen LogP contribution in [0, 0.1) is 5.92 Å². The summed E-state index contributed by atoms with van der Waals surface area (Å²) in [6, 6.07) is 0.319. The molecule has 0 spiro atoms. The van der Waals surface area contributed by atoms with E-state index in [2.05, 4.69) is 29.8 Å². The van der Waals surface area contributed by atoms with Crippen LogP contribution in [0.15, 0.2) is 0 Å². The Morgan fingerprint density at radius 2 is 2.00 bits per heavy atom. The first kappa shape index (κ1) is 7.44. The maximum absolute atomic E-state index is 5.57. The number of halogens is 1. The minimum Gasteiger partial charge on any atom is -0.327 e. The van der Waals surface area contributed by atoms with Gasteiger partial charge in [-0.05, 0) is 5.92 Å². The highest BCUT2D eigenvalue weighted by atomic mass is 79.9. The molecule has 44 valence electrons. The lowest BCUT2D eigenvalue weighted by Gasteiger charge is -2.09. The standard InChI is InChI=1S/C5H12BrN/c1-4(2)5(7)3-6/h4-5H,3,7H2,1-2H3/t5-/m0/s1. The van der Waals surface area contributed by atoms with E-state index in [0.29, 0.717) is 12.0 Å². The Labute approximate surface area is 53.4 Å². The summed E-state index contributed by atoms with van der Waals surface area (Å²) in [5.41, 5.74) is 5.57. The van der Waals surface area contributed by atoms with E-state index in [9.17, 15) is 0 Å². The highest BCUT2D eigenvalue weighted by Crippen LogP contribution is 1.99. The van der Waals surface area contributed by atoms with Gasteiger partial charge in [-0.2, -0.15) is 0 Å². The highest BCUT2D eigenvalue weighted by Gasteiger charge is 2.02. The van der Waals surface area contributed by atoms with Gasteiger partial charge in [-0.1, -0.05) is 29.8 Å². The van der Waals surface area contributed by atoms with E-state index in [-0.39, 0.29) is 0 Å². The lowest BCUT2D eigenvalue weighted by Crippen LogP contribution is -2.27. The van der Waals surface area contributed by atoms with Crippen molar-refractivity contribution >= 4 is 15.9 Å². The summed E-state index contributed by atoms with van der Waals surface area (Å²) in [6.45, 7) is 4.23. The summed E-state index contributed by atoms with van der Waals surface area (Å²) in [5, 5.41) is 0.907. The fourth-order valence-corrected chi connectivity index (χ4v) is 0.926. The van der Waals surface area contributed by atoms with Gasteiger partial charge in [0.2, 0.25) is 0 Å². The predicted octanol–water partition coefficient (Wildman–Crippen LogP) is 1.36. The van der Waals surface area contributed by atoms with Crippen molar-refractivity contribution in [1.29, 1.82) is 0 Å². The van der Waals surface area contributed by atoms with E-state index < -0.39 is 0 Å². The Morgan fingerprint density at radius 3 is 2.00 bits per heavy atom. The molecule has 2 N–H and O–H groups in total. The van der Waals surface area contributed by atoms with Gasteiger partial charge in [-0.3, -0.25) is 0 Å². The normalized spacial score (nSPS) is 15.0. The molecule has 0 aromatic rings. The summed E-state index contributed by atoms with van der Waals surface area (Å²) in [6.07, 6.45) is 0. The first-order valence-corrected chi connectivity index (χ1v) is 3.62. The average molecular weight is 166 g/mol. The Bertz CT molecular complexity index is 45.3. The van der Waals surface area contributed by atoms with E-state index in [4.69, 9.17) is 5.73 Å². The van der Waals surface area contributed by atoms with Crippen LogP contribution in [0.25, 0.3) is 0 Å². The van der Waals surface area contributed by atoms with Crippen LogP contribution in [0.4, 0.5) is 0 Å². The Kier molecular flexibility index (Phi) is 3.66. The molecule has 2 heteroatoms. The topological polar surface area (TPSA) is 26.0 Å². The third-order valence-electron chi connectivity index (χ3n) is 1.03. The summed E-state index contributed by atoms with van der Waals surface area (Å²) in [5.74, 6) is 0.597. The first-order valence-electron chi connectivity index (χ1n) is 2.50. The third kappa shape index (κ3) is 3.06. The van der Waals surface area contributed by atoms with Crippen molar-refractivity contribution in [2.24, 2.45) is 11.7 Å². The van der Waals surface area contributed by atoms with Crippen LogP contribution in [0.5, 0.6) is 0 Å². The molecule has 0 aliphatic carbocycles.